The van der Waals surface area contributed by atoms with E-state index >= 15 is 0 Å². The molecule has 0 radical (unpaired) electrons. The normalized spacial score (nSPS) is 10.6. The Morgan fingerprint density at radius 3 is 2.25 bits per heavy atom. The molecular weight excluding hydrogens is 304 g/mol. The molecule has 0 aromatic heterocycles. The Bertz CT molecular complexity index is 813. The summed E-state index contributed by atoms with van der Waals surface area (Å²) in [7, 11) is 1.30. The monoisotopic (exact) mass is 320 g/mol. The summed E-state index contributed by atoms with van der Waals surface area (Å²) < 4.78 is 4.62. The molecule has 0 saturated heterocycles. The lowest BCUT2D eigenvalue weighted by atomic mass is 10.1. The van der Waals surface area contributed by atoms with Gasteiger partial charge in [0.2, 0.25) is 0 Å². The zero-order chi connectivity index (χ0) is 17.5. The van der Waals surface area contributed by atoms with Gasteiger partial charge in [0.15, 0.2) is 0 Å². The Morgan fingerprint density at radius 1 is 1.08 bits per heavy atom. The van der Waals surface area contributed by atoms with Crippen LogP contribution in [0.15, 0.2) is 54.1 Å². The summed E-state index contributed by atoms with van der Waals surface area (Å²) in [4.78, 5) is 23.6. The van der Waals surface area contributed by atoms with Crippen molar-refractivity contribution in [3.05, 3.63) is 70.8 Å². The standard InChI is InChI=1S/C19H16N2O3/c1-13-3-9-17(10-4-13)21-18(22)16(12-20)11-14-5-7-15(8-6-14)19(23)24-2/h3-11H,1-2H3,(H,21,22)/b16-11+. The number of nitrogens with one attached hydrogen (secondary N) is 1. The molecule has 0 aliphatic carbocycles. The van der Waals surface area contributed by atoms with Crippen molar-refractivity contribution in [2.75, 3.05) is 12.4 Å². The van der Waals surface area contributed by atoms with E-state index in [1.54, 1.807) is 36.4 Å². The van der Waals surface area contributed by atoms with Crippen LogP contribution >= 0.6 is 0 Å². The highest BCUT2D eigenvalue weighted by atomic mass is 16.5. The van der Waals surface area contributed by atoms with Crippen LogP contribution in [0.3, 0.4) is 0 Å². The van der Waals surface area contributed by atoms with Crippen molar-refractivity contribution in [3.8, 4) is 6.07 Å². The molecule has 5 heteroatoms. The number of esters is 1. The van der Waals surface area contributed by atoms with Gasteiger partial charge in [0.1, 0.15) is 11.6 Å². The third-order valence-corrected chi connectivity index (χ3v) is 3.32. The number of methoxy groups -OCH3 is 1. The zero-order valence-corrected chi connectivity index (χ0v) is 13.4. The molecule has 0 spiro atoms. The molecule has 0 heterocycles. The molecule has 2 rings (SSSR count). The maximum Gasteiger partial charge on any atom is 0.337 e. The van der Waals surface area contributed by atoms with Crippen molar-refractivity contribution in [2.24, 2.45) is 0 Å². The summed E-state index contributed by atoms with van der Waals surface area (Å²) in [6.07, 6.45) is 1.46. The van der Waals surface area contributed by atoms with Crippen LogP contribution in [0.5, 0.6) is 0 Å². The van der Waals surface area contributed by atoms with E-state index in [1.165, 1.54) is 13.2 Å². The summed E-state index contributed by atoms with van der Waals surface area (Å²) in [5.41, 5.74) is 2.71. The van der Waals surface area contributed by atoms with Crippen LogP contribution in [-0.4, -0.2) is 19.0 Å². The zero-order valence-electron chi connectivity index (χ0n) is 13.4. The Labute approximate surface area is 140 Å². The molecule has 0 unspecified atom stereocenters. The number of amides is 1. The molecule has 0 bridgehead atoms. The van der Waals surface area contributed by atoms with Gasteiger partial charge in [-0.25, -0.2) is 4.79 Å². The lowest BCUT2D eigenvalue weighted by Crippen LogP contribution is -2.13. The Balaban J connectivity index is 2.16. The fourth-order valence-corrected chi connectivity index (χ4v) is 1.98. The fraction of sp³-hybridized carbons (Fsp3) is 0.105. The molecule has 0 saturated carbocycles. The molecule has 120 valence electrons. The molecular formula is C19H16N2O3. The first-order valence-electron chi connectivity index (χ1n) is 7.21. The molecule has 0 aliphatic heterocycles. The molecule has 2 aromatic rings. The average molecular weight is 320 g/mol. The topological polar surface area (TPSA) is 79.2 Å². The second kappa shape index (κ2) is 7.75. The number of rotatable bonds is 4. The number of carbonyl (C=O) groups is 2. The summed E-state index contributed by atoms with van der Waals surface area (Å²) >= 11 is 0. The highest BCUT2D eigenvalue weighted by Gasteiger charge is 2.10. The molecule has 0 atom stereocenters. The van der Waals surface area contributed by atoms with Gasteiger partial charge >= 0.3 is 5.97 Å². The number of aryl methyl sites for hydroxylation is 1. The number of hydrogen-bond acceptors (Lipinski definition) is 4. The summed E-state index contributed by atoms with van der Waals surface area (Å²) in [5, 5.41) is 11.9. The number of carbonyl (C=O) groups excluding carboxylic acids is 2. The second-order valence-corrected chi connectivity index (χ2v) is 5.10. The van der Waals surface area contributed by atoms with Gasteiger partial charge in [-0.1, -0.05) is 29.8 Å². The lowest BCUT2D eigenvalue weighted by molar-refractivity contribution is -0.112. The van der Waals surface area contributed by atoms with E-state index in [1.807, 2.05) is 25.1 Å². The highest BCUT2D eigenvalue weighted by Crippen LogP contribution is 2.13. The van der Waals surface area contributed by atoms with E-state index in [4.69, 9.17) is 0 Å². The third-order valence-electron chi connectivity index (χ3n) is 3.32. The van der Waals surface area contributed by atoms with Crippen molar-refractivity contribution in [1.82, 2.24) is 0 Å². The van der Waals surface area contributed by atoms with Gasteiger partial charge in [-0.05, 0) is 42.8 Å². The van der Waals surface area contributed by atoms with Gasteiger partial charge in [0, 0.05) is 5.69 Å². The highest BCUT2D eigenvalue weighted by molar-refractivity contribution is 6.09. The number of anilines is 1. The van der Waals surface area contributed by atoms with E-state index in [0.717, 1.165) is 5.56 Å². The largest absolute Gasteiger partial charge is 0.465 e. The summed E-state index contributed by atoms with van der Waals surface area (Å²) in [5.74, 6) is -0.929. The SMILES string of the molecule is COC(=O)c1ccc(/C=C(\C#N)C(=O)Nc2ccc(C)cc2)cc1. The van der Waals surface area contributed by atoms with Crippen LogP contribution in [-0.2, 0) is 9.53 Å². The minimum absolute atomic E-state index is 0.0265. The average Bonchev–Trinajstić information content (AvgIpc) is 2.61. The van der Waals surface area contributed by atoms with Crippen LogP contribution in [0.4, 0.5) is 5.69 Å². The molecule has 2 aromatic carbocycles. The minimum atomic E-state index is -0.488. The number of ether oxygens (including phenoxy) is 1. The maximum absolute atomic E-state index is 12.2. The molecule has 5 nitrogen and oxygen atoms in total. The van der Waals surface area contributed by atoms with Gasteiger partial charge in [-0.2, -0.15) is 5.26 Å². The molecule has 1 N–H and O–H groups in total. The van der Waals surface area contributed by atoms with Crippen LogP contribution in [0.2, 0.25) is 0 Å². The summed E-state index contributed by atoms with van der Waals surface area (Å²) in [6, 6.07) is 15.6. The molecule has 0 fully saturated rings. The molecule has 0 aliphatic rings. The number of hydrogen-bond donors (Lipinski definition) is 1. The first-order chi connectivity index (χ1) is 11.5. The quantitative estimate of drug-likeness (QED) is 0.532. The Morgan fingerprint density at radius 2 is 1.71 bits per heavy atom. The minimum Gasteiger partial charge on any atom is -0.465 e. The Hall–Kier alpha value is -3.39. The van der Waals surface area contributed by atoms with Crippen molar-refractivity contribution in [3.63, 3.8) is 0 Å². The van der Waals surface area contributed by atoms with Crippen molar-refractivity contribution in [1.29, 1.82) is 5.26 Å². The third kappa shape index (κ3) is 4.31. The Kier molecular flexibility index (Phi) is 5.48. The lowest BCUT2D eigenvalue weighted by Gasteiger charge is -2.05. The first kappa shape index (κ1) is 17.0. The van der Waals surface area contributed by atoms with Crippen LogP contribution in [0.25, 0.3) is 6.08 Å². The molecule has 1 amide bonds. The molecule has 24 heavy (non-hydrogen) atoms. The van der Waals surface area contributed by atoms with Crippen molar-refractivity contribution in [2.45, 2.75) is 6.92 Å². The van der Waals surface area contributed by atoms with Crippen LogP contribution in [0.1, 0.15) is 21.5 Å². The van der Waals surface area contributed by atoms with Gasteiger partial charge in [0.05, 0.1) is 12.7 Å². The predicted octanol–water partition coefficient (Wildman–Crippen LogP) is 3.33. The number of nitriles is 1. The predicted molar refractivity (Wildman–Crippen MR) is 91.2 cm³/mol. The van der Waals surface area contributed by atoms with Gasteiger partial charge in [-0.3, -0.25) is 4.79 Å². The van der Waals surface area contributed by atoms with Crippen LogP contribution in [0, 0.1) is 18.3 Å². The van der Waals surface area contributed by atoms with Gasteiger partial charge in [0.25, 0.3) is 5.91 Å². The fourth-order valence-electron chi connectivity index (χ4n) is 1.98. The van der Waals surface area contributed by atoms with Crippen molar-refractivity contribution >= 4 is 23.6 Å². The first-order valence-corrected chi connectivity index (χ1v) is 7.21. The maximum atomic E-state index is 12.2. The van der Waals surface area contributed by atoms with E-state index in [0.29, 0.717) is 16.8 Å². The van der Waals surface area contributed by atoms with E-state index in [9.17, 15) is 14.9 Å². The van der Waals surface area contributed by atoms with E-state index in [2.05, 4.69) is 10.1 Å². The van der Waals surface area contributed by atoms with Gasteiger partial charge in [-0.15, -0.1) is 0 Å². The van der Waals surface area contributed by atoms with E-state index < -0.39 is 11.9 Å². The second-order valence-electron chi connectivity index (χ2n) is 5.10. The summed E-state index contributed by atoms with van der Waals surface area (Å²) in [6.45, 7) is 1.95. The van der Waals surface area contributed by atoms with Crippen molar-refractivity contribution < 1.29 is 14.3 Å². The smallest absolute Gasteiger partial charge is 0.337 e. The van der Waals surface area contributed by atoms with E-state index in [-0.39, 0.29) is 5.57 Å². The van der Waals surface area contributed by atoms with Crippen LogP contribution < -0.4 is 5.32 Å². The number of benzene rings is 2. The number of nitrogens with zero attached hydrogens (tertiary/aromatic N) is 1. The van der Waals surface area contributed by atoms with Gasteiger partial charge < -0.3 is 10.1 Å².